The summed E-state index contributed by atoms with van der Waals surface area (Å²) in [5.41, 5.74) is 4.70. The van der Waals surface area contributed by atoms with Gasteiger partial charge in [0.1, 0.15) is 5.76 Å². The maximum Gasteiger partial charge on any atom is 0.170 e. The van der Waals surface area contributed by atoms with Crippen molar-refractivity contribution in [2.24, 2.45) is 0 Å². The molecule has 0 aliphatic carbocycles. The lowest BCUT2D eigenvalue weighted by Gasteiger charge is -2.30. The number of nitrogens with zero attached hydrogens (tertiary/aromatic N) is 3. The van der Waals surface area contributed by atoms with Crippen molar-refractivity contribution in [1.82, 2.24) is 19.8 Å². The third kappa shape index (κ3) is 3.88. The highest BCUT2D eigenvalue weighted by Gasteiger charge is 2.42. The van der Waals surface area contributed by atoms with Gasteiger partial charge in [-0.3, -0.25) is 4.98 Å². The Labute approximate surface area is 188 Å². The van der Waals surface area contributed by atoms with Gasteiger partial charge in [-0.1, -0.05) is 6.07 Å². The predicted octanol–water partition coefficient (Wildman–Crippen LogP) is 4.29. The number of thiocarbonyl (C=S) groups is 1. The van der Waals surface area contributed by atoms with Gasteiger partial charge in [0.15, 0.2) is 5.11 Å². The van der Waals surface area contributed by atoms with Crippen LogP contribution in [0.4, 0.5) is 0 Å². The lowest BCUT2D eigenvalue weighted by Crippen LogP contribution is -2.36. The molecule has 0 radical (unpaired) electrons. The third-order valence-electron chi connectivity index (χ3n) is 6.45. The second kappa shape index (κ2) is 8.48. The summed E-state index contributed by atoms with van der Waals surface area (Å²) in [6.45, 7) is 6.69. The lowest BCUT2D eigenvalue weighted by molar-refractivity contribution is 0.0842. The fraction of sp³-hybridized carbons (Fsp3) is 0.417. The SMILES string of the molecule is Cc1cc([C@@H]2[C@@H](c3ccccn3)NC(=S)N2C[C@@H]2CCCO2)c(C)n1Cc1ccco1. The van der Waals surface area contributed by atoms with Crippen LogP contribution in [0, 0.1) is 13.8 Å². The summed E-state index contributed by atoms with van der Waals surface area (Å²) in [7, 11) is 0. The molecule has 2 aliphatic rings. The fourth-order valence-electron chi connectivity index (χ4n) is 4.88. The zero-order valence-electron chi connectivity index (χ0n) is 18.0. The van der Waals surface area contributed by atoms with E-state index in [2.05, 4.69) is 45.7 Å². The van der Waals surface area contributed by atoms with Crippen LogP contribution in [0.25, 0.3) is 0 Å². The van der Waals surface area contributed by atoms with E-state index in [4.69, 9.17) is 21.4 Å². The molecule has 3 atom stereocenters. The number of hydrogen-bond acceptors (Lipinski definition) is 4. The monoisotopic (exact) mass is 436 g/mol. The van der Waals surface area contributed by atoms with Crippen molar-refractivity contribution in [1.29, 1.82) is 0 Å². The molecule has 0 unspecified atom stereocenters. The Morgan fingerprint density at radius 1 is 1.23 bits per heavy atom. The second-order valence-electron chi connectivity index (χ2n) is 8.41. The summed E-state index contributed by atoms with van der Waals surface area (Å²) in [4.78, 5) is 6.96. The number of aryl methyl sites for hydroxylation is 1. The number of furan rings is 1. The smallest absolute Gasteiger partial charge is 0.170 e. The normalized spacial score (nSPS) is 23.5. The molecule has 0 spiro atoms. The van der Waals surface area contributed by atoms with Gasteiger partial charge < -0.3 is 23.9 Å². The second-order valence-corrected chi connectivity index (χ2v) is 8.79. The van der Waals surface area contributed by atoms with Crippen molar-refractivity contribution in [3.8, 4) is 0 Å². The summed E-state index contributed by atoms with van der Waals surface area (Å²) in [6, 6.07) is 12.4. The van der Waals surface area contributed by atoms with Crippen LogP contribution < -0.4 is 5.32 Å². The zero-order chi connectivity index (χ0) is 21.4. The highest BCUT2D eigenvalue weighted by molar-refractivity contribution is 7.80. The van der Waals surface area contributed by atoms with Crippen LogP contribution in [0.5, 0.6) is 0 Å². The van der Waals surface area contributed by atoms with Crippen molar-refractivity contribution >= 4 is 17.3 Å². The van der Waals surface area contributed by atoms with E-state index in [-0.39, 0.29) is 18.2 Å². The largest absolute Gasteiger partial charge is 0.467 e. The minimum Gasteiger partial charge on any atom is -0.467 e. The van der Waals surface area contributed by atoms with E-state index in [0.29, 0.717) is 0 Å². The summed E-state index contributed by atoms with van der Waals surface area (Å²) in [5.74, 6) is 0.950. The molecule has 3 aromatic heterocycles. The van der Waals surface area contributed by atoms with E-state index in [1.807, 2.05) is 30.5 Å². The first kappa shape index (κ1) is 20.3. The molecule has 0 bridgehead atoms. The molecule has 0 aromatic carbocycles. The van der Waals surface area contributed by atoms with Crippen LogP contribution in [0.3, 0.4) is 0 Å². The maximum absolute atomic E-state index is 5.96. The van der Waals surface area contributed by atoms with Crippen LogP contribution >= 0.6 is 12.2 Å². The Hall–Kier alpha value is -2.64. The molecule has 5 heterocycles. The molecule has 2 fully saturated rings. The van der Waals surface area contributed by atoms with Gasteiger partial charge in [0.05, 0.1) is 36.7 Å². The standard InChI is InChI=1S/C24H28N4O2S/c1-16-13-20(17(2)27(16)14-18-7-5-11-29-18)23-22(21-9-3-4-10-25-21)26-24(31)28(23)15-19-8-6-12-30-19/h3-5,7,9-11,13,19,22-23H,6,8,12,14-15H2,1-2H3,(H,26,31)/t19-,22+,23+/m0/s1. The first-order chi connectivity index (χ1) is 15.1. The minimum atomic E-state index is -0.00679. The lowest BCUT2D eigenvalue weighted by atomic mass is 9.96. The van der Waals surface area contributed by atoms with Crippen molar-refractivity contribution in [2.45, 2.75) is 51.4 Å². The molecular weight excluding hydrogens is 408 g/mol. The highest BCUT2D eigenvalue weighted by Crippen LogP contribution is 2.41. The predicted molar refractivity (Wildman–Crippen MR) is 123 cm³/mol. The molecular formula is C24H28N4O2S. The highest BCUT2D eigenvalue weighted by atomic mass is 32.1. The Morgan fingerprint density at radius 3 is 2.84 bits per heavy atom. The van der Waals surface area contributed by atoms with Crippen molar-refractivity contribution in [2.75, 3.05) is 13.2 Å². The molecule has 2 saturated heterocycles. The number of aromatic nitrogens is 2. The van der Waals surface area contributed by atoms with Gasteiger partial charge in [-0.2, -0.15) is 0 Å². The van der Waals surface area contributed by atoms with Gasteiger partial charge in [0.25, 0.3) is 0 Å². The third-order valence-corrected chi connectivity index (χ3v) is 6.80. The maximum atomic E-state index is 5.96. The average Bonchev–Trinajstić information content (AvgIpc) is 3.57. The van der Waals surface area contributed by atoms with E-state index in [0.717, 1.165) is 49.1 Å². The molecule has 0 saturated carbocycles. The van der Waals surface area contributed by atoms with Gasteiger partial charge in [-0.15, -0.1) is 0 Å². The van der Waals surface area contributed by atoms with Crippen LogP contribution in [0.2, 0.25) is 0 Å². The number of rotatable bonds is 6. The van der Waals surface area contributed by atoms with Crippen LogP contribution in [0.1, 0.15) is 53.3 Å². The molecule has 2 aliphatic heterocycles. The Morgan fingerprint density at radius 2 is 2.13 bits per heavy atom. The number of ether oxygens (including phenoxy) is 1. The summed E-state index contributed by atoms with van der Waals surface area (Å²) < 4.78 is 13.9. The molecule has 6 nitrogen and oxygen atoms in total. The van der Waals surface area contributed by atoms with E-state index in [9.17, 15) is 0 Å². The van der Waals surface area contributed by atoms with Crippen LogP contribution in [0.15, 0.2) is 53.3 Å². The van der Waals surface area contributed by atoms with Crippen molar-refractivity contribution < 1.29 is 9.15 Å². The molecule has 0 amide bonds. The minimum absolute atomic E-state index is 0.00679. The van der Waals surface area contributed by atoms with Gasteiger partial charge >= 0.3 is 0 Å². The van der Waals surface area contributed by atoms with Crippen LogP contribution in [-0.4, -0.2) is 38.8 Å². The first-order valence-electron chi connectivity index (χ1n) is 10.9. The van der Waals surface area contributed by atoms with E-state index >= 15 is 0 Å². The Kier molecular flexibility index (Phi) is 5.54. The van der Waals surface area contributed by atoms with E-state index in [1.54, 1.807) is 6.26 Å². The first-order valence-corrected chi connectivity index (χ1v) is 11.3. The Bertz CT molecular complexity index is 1040. The quantitative estimate of drug-likeness (QED) is 0.582. The molecule has 162 valence electrons. The van der Waals surface area contributed by atoms with Gasteiger partial charge in [0.2, 0.25) is 0 Å². The molecule has 5 rings (SSSR count). The molecule has 31 heavy (non-hydrogen) atoms. The summed E-state index contributed by atoms with van der Waals surface area (Å²) >= 11 is 5.82. The topological polar surface area (TPSA) is 55.5 Å². The van der Waals surface area contributed by atoms with E-state index in [1.165, 1.54) is 17.0 Å². The average molecular weight is 437 g/mol. The molecule has 7 heteroatoms. The molecule has 1 N–H and O–H groups in total. The molecule has 3 aromatic rings. The zero-order valence-corrected chi connectivity index (χ0v) is 18.8. The van der Waals surface area contributed by atoms with Crippen molar-refractivity contribution in [3.63, 3.8) is 0 Å². The van der Waals surface area contributed by atoms with E-state index < -0.39 is 0 Å². The number of nitrogens with one attached hydrogen (secondary N) is 1. The van der Waals surface area contributed by atoms with Gasteiger partial charge in [-0.05, 0) is 74.8 Å². The summed E-state index contributed by atoms with van der Waals surface area (Å²) in [6.07, 6.45) is 5.99. The summed E-state index contributed by atoms with van der Waals surface area (Å²) in [5, 5.41) is 4.33. The van der Waals surface area contributed by atoms with Gasteiger partial charge in [0, 0.05) is 30.7 Å². The number of pyridine rings is 1. The Balaban J connectivity index is 1.53. The van der Waals surface area contributed by atoms with Crippen LogP contribution in [-0.2, 0) is 11.3 Å². The fourth-order valence-corrected chi connectivity index (χ4v) is 5.19. The number of hydrogen-bond donors (Lipinski definition) is 1. The van der Waals surface area contributed by atoms with Gasteiger partial charge in [-0.25, -0.2) is 0 Å². The van der Waals surface area contributed by atoms with Crippen molar-refractivity contribution in [3.05, 3.63) is 77.3 Å².